The van der Waals surface area contributed by atoms with Gasteiger partial charge in [0.15, 0.2) is 0 Å². The summed E-state index contributed by atoms with van der Waals surface area (Å²) in [6.45, 7) is 4.36. The minimum Gasteiger partial charge on any atom is -0.355 e. The van der Waals surface area contributed by atoms with Crippen molar-refractivity contribution in [1.29, 1.82) is 0 Å². The summed E-state index contributed by atoms with van der Waals surface area (Å²) in [6, 6.07) is 10.8. The highest BCUT2D eigenvalue weighted by atomic mass is 32.1. The van der Waals surface area contributed by atoms with E-state index in [9.17, 15) is 0 Å². The van der Waals surface area contributed by atoms with Gasteiger partial charge in [0.1, 0.15) is 4.83 Å². The van der Waals surface area contributed by atoms with Gasteiger partial charge in [-0.3, -0.25) is 0 Å². The molecule has 0 fully saturated rings. The Morgan fingerprint density at radius 3 is 2.86 bits per heavy atom. The van der Waals surface area contributed by atoms with E-state index in [1.165, 1.54) is 34.2 Å². The van der Waals surface area contributed by atoms with E-state index in [2.05, 4.69) is 53.4 Å². The van der Waals surface area contributed by atoms with Gasteiger partial charge in [-0.05, 0) is 43.7 Å². The lowest BCUT2D eigenvalue weighted by Crippen LogP contribution is -2.24. The van der Waals surface area contributed by atoms with Crippen LogP contribution in [0.15, 0.2) is 42.0 Å². The van der Waals surface area contributed by atoms with Crippen LogP contribution in [0.3, 0.4) is 0 Å². The lowest BCUT2D eigenvalue weighted by atomic mass is 9.93. The monoisotopic (exact) mass is 410 g/mol. The van der Waals surface area contributed by atoms with Gasteiger partial charge in [-0.1, -0.05) is 26.2 Å². The number of nitrogens with two attached hydrogens (primary N) is 1. The molecule has 0 spiro atoms. The Morgan fingerprint density at radius 1 is 1.14 bits per heavy atom. The Labute approximate surface area is 173 Å². The van der Waals surface area contributed by atoms with Gasteiger partial charge in [0.05, 0.1) is 21.4 Å². The number of benzene rings is 1. The summed E-state index contributed by atoms with van der Waals surface area (Å²) in [5.74, 6) is 0.393. The third-order valence-corrected chi connectivity index (χ3v) is 7.17. The zero-order valence-corrected chi connectivity index (χ0v) is 17.9. The maximum atomic E-state index is 6.34. The van der Waals surface area contributed by atoms with E-state index in [0.29, 0.717) is 5.92 Å². The Balaban J connectivity index is 1.64. The molecule has 2 atom stereocenters. The average molecular weight is 411 g/mol. The number of fused-ring (bicyclic) bond motifs is 2. The van der Waals surface area contributed by atoms with Gasteiger partial charge in [-0.15, -0.1) is 22.7 Å². The van der Waals surface area contributed by atoms with Gasteiger partial charge in [0.2, 0.25) is 0 Å². The third-order valence-electron chi connectivity index (χ3n) is 5.18. The molecule has 0 radical (unpaired) electrons. The molecule has 3 aromatic heterocycles. The van der Waals surface area contributed by atoms with Crippen LogP contribution in [-0.2, 0) is 0 Å². The predicted molar refractivity (Wildman–Crippen MR) is 123 cm³/mol. The molecule has 1 aromatic carbocycles. The summed E-state index contributed by atoms with van der Waals surface area (Å²) in [5, 5.41) is 4.73. The predicted octanol–water partition coefficient (Wildman–Crippen LogP) is 6.66. The zero-order valence-electron chi connectivity index (χ0n) is 16.3. The van der Waals surface area contributed by atoms with Gasteiger partial charge < -0.3 is 11.1 Å². The van der Waals surface area contributed by atoms with Crippen molar-refractivity contribution in [2.75, 3.05) is 5.32 Å². The van der Waals surface area contributed by atoms with E-state index in [1.54, 1.807) is 22.7 Å². The number of thiophene rings is 1. The lowest BCUT2D eigenvalue weighted by molar-refractivity contribution is 0.506. The molecule has 6 heteroatoms. The fraction of sp³-hybridized carbons (Fsp3) is 0.364. The van der Waals surface area contributed by atoms with Crippen molar-refractivity contribution < 1.29 is 0 Å². The van der Waals surface area contributed by atoms with Crippen LogP contribution in [0.1, 0.15) is 50.3 Å². The van der Waals surface area contributed by atoms with Crippen molar-refractivity contribution in [3.8, 4) is 0 Å². The second-order valence-corrected chi connectivity index (χ2v) is 9.30. The molecular formula is C22H26N4S2. The molecule has 2 unspecified atom stereocenters. The first-order valence-corrected chi connectivity index (χ1v) is 11.6. The highest BCUT2D eigenvalue weighted by Crippen LogP contribution is 2.38. The first-order chi connectivity index (χ1) is 13.7. The molecule has 0 aliphatic carbocycles. The van der Waals surface area contributed by atoms with Gasteiger partial charge in [0, 0.05) is 34.1 Å². The summed E-state index contributed by atoms with van der Waals surface area (Å²) in [5.41, 5.74) is 11.4. The molecule has 0 bridgehead atoms. The number of hydrogen-bond donors (Lipinski definition) is 2. The fourth-order valence-corrected chi connectivity index (χ4v) is 5.55. The van der Waals surface area contributed by atoms with Crippen LogP contribution >= 0.6 is 22.7 Å². The standard InChI is InChI=1S/C22H26N4S2/c1-3-4-5-6-16(14(2)23)21-12-17-18(9-10-24-22(17)28-21)26-15-7-8-20-19(11-15)25-13-27-20/h7-14,16H,3-6,23H2,1-2H3,(H,24,26). The molecule has 4 rings (SSSR count). The number of nitrogens with one attached hydrogen (secondary N) is 1. The van der Waals surface area contributed by atoms with E-state index < -0.39 is 0 Å². The quantitative estimate of drug-likeness (QED) is 0.319. The molecule has 0 aliphatic heterocycles. The van der Waals surface area contributed by atoms with E-state index in [4.69, 9.17) is 5.73 Å². The maximum absolute atomic E-state index is 6.34. The normalized spacial score (nSPS) is 13.8. The fourth-order valence-electron chi connectivity index (χ4n) is 3.62. The second kappa shape index (κ2) is 8.55. The van der Waals surface area contributed by atoms with Crippen LogP contribution in [0.2, 0.25) is 0 Å². The Bertz CT molecular complexity index is 1070. The topological polar surface area (TPSA) is 63.8 Å². The summed E-state index contributed by atoms with van der Waals surface area (Å²) in [4.78, 5) is 11.4. The minimum absolute atomic E-state index is 0.147. The van der Waals surface area contributed by atoms with Gasteiger partial charge >= 0.3 is 0 Å². The highest BCUT2D eigenvalue weighted by molar-refractivity contribution is 7.18. The molecule has 0 saturated carbocycles. The first kappa shape index (κ1) is 19.3. The van der Waals surface area contributed by atoms with Crippen molar-refractivity contribution in [1.82, 2.24) is 9.97 Å². The largest absolute Gasteiger partial charge is 0.355 e. The highest BCUT2D eigenvalue weighted by Gasteiger charge is 2.20. The summed E-state index contributed by atoms with van der Waals surface area (Å²) in [6.07, 6.45) is 6.74. The van der Waals surface area contributed by atoms with Gasteiger partial charge in [-0.25, -0.2) is 9.97 Å². The van der Waals surface area contributed by atoms with Crippen LogP contribution in [0.5, 0.6) is 0 Å². The van der Waals surface area contributed by atoms with Crippen molar-refractivity contribution in [2.24, 2.45) is 5.73 Å². The molecule has 4 aromatic rings. The molecule has 3 heterocycles. The van der Waals surface area contributed by atoms with Crippen molar-refractivity contribution >= 4 is 54.5 Å². The minimum atomic E-state index is 0.147. The number of unbranched alkanes of at least 4 members (excludes halogenated alkanes) is 2. The number of aromatic nitrogens is 2. The van der Waals surface area contributed by atoms with E-state index >= 15 is 0 Å². The van der Waals surface area contributed by atoms with Crippen LogP contribution < -0.4 is 11.1 Å². The maximum Gasteiger partial charge on any atom is 0.125 e. The smallest absolute Gasteiger partial charge is 0.125 e. The van der Waals surface area contributed by atoms with Crippen LogP contribution in [0.25, 0.3) is 20.4 Å². The summed E-state index contributed by atoms with van der Waals surface area (Å²) in [7, 11) is 0. The molecule has 28 heavy (non-hydrogen) atoms. The number of thiazole rings is 1. The molecule has 0 saturated heterocycles. The van der Waals surface area contributed by atoms with Gasteiger partial charge in [-0.2, -0.15) is 0 Å². The third kappa shape index (κ3) is 4.04. The average Bonchev–Trinajstić information content (AvgIpc) is 3.31. The number of pyridine rings is 1. The number of anilines is 2. The Morgan fingerprint density at radius 2 is 2.04 bits per heavy atom. The van der Waals surface area contributed by atoms with Crippen LogP contribution in [0.4, 0.5) is 11.4 Å². The SMILES string of the molecule is CCCCCC(c1cc2c(Nc3ccc4scnc4c3)ccnc2s1)C(C)N. The number of hydrogen-bond acceptors (Lipinski definition) is 6. The molecule has 3 N–H and O–H groups in total. The second-order valence-electron chi connectivity index (χ2n) is 7.35. The van der Waals surface area contributed by atoms with Crippen molar-refractivity contribution in [2.45, 2.75) is 51.5 Å². The summed E-state index contributed by atoms with van der Waals surface area (Å²) < 4.78 is 1.20. The Kier molecular flexibility index (Phi) is 5.90. The lowest BCUT2D eigenvalue weighted by Gasteiger charge is -2.19. The summed E-state index contributed by atoms with van der Waals surface area (Å²) >= 11 is 3.44. The van der Waals surface area contributed by atoms with Gasteiger partial charge in [0.25, 0.3) is 0 Å². The van der Waals surface area contributed by atoms with Crippen molar-refractivity contribution in [3.63, 3.8) is 0 Å². The van der Waals surface area contributed by atoms with E-state index in [-0.39, 0.29) is 6.04 Å². The van der Waals surface area contributed by atoms with Crippen LogP contribution in [-0.4, -0.2) is 16.0 Å². The number of nitrogens with zero attached hydrogens (tertiary/aromatic N) is 2. The van der Waals surface area contributed by atoms with Crippen molar-refractivity contribution in [3.05, 3.63) is 46.9 Å². The molecule has 0 aliphatic rings. The Hall–Kier alpha value is -2.02. The van der Waals surface area contributed by atoms with E-state index in [0.717, 1.165) is 28.1 Å². The molecular weight excluding hydrogens is 384 g/mol. The molecule has 4 nitrogen and oxygen atoms in total. The number of rotatable bonds is 8. The van der Waals surface area contributed by atoms with E-state index in [1.807, 2.05) is 17.8 Å². The zero-order chi connectivity index (χ0) is 19.5. The molecule has 0 amide bonds. The van der Waals surface area contributed by atoms with Crippen LogP contribution in [0, 0.1) is 0 Å². The molecule has 146 valence electrons. The first-order valence-electron chi connectivity index (χ1n) is 9.90.